The van der Waals surface area contributed by atoms with E-state index in [9.17, 15) is 0 Å². The van der Waals surface area contributed by atoms with Crippen molar-refractivity contribution >= 4 is 0 Å². The highest BCUT2D eigenvalue weighted by Crippen LogP contribution is 2.39. The van der Waals surface area contributed by atoms with Crippen LogP contribution in [0.15, 0.2) is 54.6 Å². The van der Waals surface area contributed by atoms with Crippen LogP contribution >= 0.6 is 0 Å². The summed E-state index contributed by atoms with van der Waals surface area (Å²) in [6, 6.07) is 19.5. The average Bonchev–Trinajstić information content (AvgIpc) is 3.57. The summed E-state index contributed by atoms with van der Waals surface area (Å²) >= 11 is 0. The number of benzene rings is 3. The highest BCUT2D eigenvalue weighted by atomic mass is 16.6. The third-order valence-corrected chi connectivity index (χ3v) is 6.38. The smallest absolute Gasteiger partial charge is 0.125 e. The molecule has 1 aliphatic heterocycles. The molecule has 0 spiro atoms. The molecule has 1 fully saturated rings. The molecule has 2 unspecified atom stereocenters. The fourth-order valence-corrected chi connectivity index (χ4v) is 4.31. The molecule has 29 heavy (non-hydrogen) atoms. The van der Waals surface area contributed by atoms with Crippen molar-refractivity contribution in [3.05, 3.63) is 88.0 Å². The highest BCUT2D eigenvalue weighted by molar-refractivity contribution is 5.64. The van der Waals surface area contributed by atoms with Crippen LogP contribution in [0.3, 0.4) is 0 Å². The largest absolute Gasteiger partial charge is 0.490 e. The molecule has 0 saturated carbocycles. The lowest BCUT2D eigenvalue weighted by atomic mass is 9.83. The normalized spacial score (nSPS) is 16.5. The summed E-state index contributed by atoms with van der Waals surface area (Å²) in [4.78, 5) is 0. The summed E-state index contributed by atoms with van der Waals surface area (Å²) in [7, 11) is 0. The number of hydrogen-bond donors (Lipinski definition) is 0. The summed E-state index contributed by atoms with van der Waals surface area (Å²) < 4.78 is 11.5. The van der Waals surface area contributed by atoms with Gasteiger partial charge in [0, 0.05) is 5.92 Å². The Kier molecular flexibility index (Phi) is 5.47. The van der Waals surface area contributed by atoms with Gasteiger partial charge in [-0.05, 0) is 72.2 Å². The van der Waals surface area contributed by atoms with Gasteiger partial charge in [0.2, 0.25) is 0 Å². The van der Waals surface area contributed by atoms with E-state index < -0.39 is 0 Å². The van der Waals surface area contributed by atoms with Crippen molar-refractivity contribution in [1.82, 2.24) is 0 Å². The third-order valence-electron chi connectivity index (χ3n) is 6.38. The molecule has 1 aliphatic rings. The van der Waals surface area contributed by atoms with Crippen LogP contribution in [0.1, 0.15) is 46.2 Å². The van der Waals surface area contributed by atoms with Crippen LogP contribution in [0.5, 0.6) is 5.75 Å². The first kappa shape index (κ1) is 19.7. The van der Waals surface area contributed by atoms with Gasteiger partial charge in [-0.15, -0.1) is 0 Å². The Bertz CT molecular complexity index is 999. The minimum atomic E-state index is 0.266. The molecule has 1 saturated heterocycles. The molecule has 0 aromatic heterocycles. The van der Waals surface area contributed by atoms with Crippen LogP contribution in [0.2, 0.25) is 0 Å². The fraction of sp³-hybridized carbons (Fsp3) is 0.333. The molecule has 0 bridgehead atoms. The van der Waals surface area contributed by atoms with Crippen molar-refractivity contribution < 1.29 is 9.47 Å². The summed E-state index contributed by atoms with van der Waals surface area (Å²) in [6.07, 6.45) is 0.266. The molecule has 2 nitrogen and oxygen atoms in total. The van der Waals surface area contributed by atoms with Crippen molar-refractivity contribution in [2.24, 2.45) is 0 Å². The fourth-order valence-electron chi connectivity index (χ4n) is 4.31. The SMILES string of the molecule is Cc1c(C)c(OCC2CO2)c(C)c(C(C)c2ccc(-c3ccccc3)cc2)c1C. The monoisotopic (exact) mass is 386 g/mol. The van der Waals surface area contributed by atoms with Gasteiger partial charge in [-0.3, -0.25) is 0 Å². The molecule has 3 aromatic rings. The molecular weight excluding hydrogens is 356 g/mol. The zero-order valence-corrected chi connectivity index (χ0v) is 18.1. The van der Waals surface area contributed by atoms with Crippen LogP contribution in [0, 0.1) is 27.7 Å². The predicted molar refractivity (Wildman–Crippen MR) is 120 cm³/mol. The molecule has 0 radical (unpaired) electrons. The second-order valence-corrected chi connectivity index (χ2v) is 8.22. The lowest BCUT2D eigenvalue weighted by Crippen LogP contribution is -2.11. The predicted octanol–water partition coefficient (Wildman–Crippen LogP) is 6.52. The summed E-state index contributed by atoms with van der Waals surface area (Å²) in [5.74, 6) is 1.34. The molecule has 4 rings (SSSR count). The second kappa shape index (κ2) is 8.04. The maximum Gasteiger partial charge on any atom is 0.125 e. The Hall–Kier alpha value is -2.58. The van der Waals surface area contributed by atoms with Crippen molar-refractivity contribution in [3.8, 4) is 16.9 Å². The van der Waals surface area contributed by atoms with Gasteiger partial charge in [-0.25, -0.2) is 0 Å². The second-order valence-electron chi connectivity index (χ2n) is 8.22. The van der Waals surface area contributed by atoms with E-state index in [-0.39, 0.29) is 6.10 Å². The standard InChI is InChI=1S/C27H30O2/c1-17-18(2)26(21(5)27(19(17)3)29-16-25-15-28-25)20(4)22-11-13-24(14-12-22)23-9-7-6-8-10-23/h6-14,20,25H,15-16H2,1-5H3. The molecule has 0 N–H and O–H groups in total. The van der Waals surface area contributed by atoms with Gasteiger partial charge in [-0.1, -0.05) is 61.5 Å². The van der Waals surface area contributed by atoms with E-state index in [1.54, 1.807) is 0 Å². The van der Waals surface area contributed by atoms with Crippen LogP contribution in [-0.4, -0.2) is 19.3 Å². The Labute approximate surface area is 174 Å². The number of ether oxygens (including phenoxy) is 2. The van der Waals surface area contributed by atoms with Gasteiger partial charge < -0.3 is 9.47 Å². The van der Waals surface area contributed by atoms with Crippen molar-refractivity contribution in [2.75, 3.05) is 13.2 Å². The van der Waals surface area contributed by atoms with Gasteiger partial charge in [0.05, 0.1) is 6.61 Å². The Morgan fingerprint density at radius 2 is 1.45 bits per heavy atom. The third kappa shape index (κ3) is 3.95. The zero-order chi connectivity index (χ0) is 20.5. The average molecular weight is 387 g/mol. The first-order chi connectivity index (χ1) is 14.0. The lowest BCUT2D eigenvalue weighted by molar-refractivity contribution is 0.260. The molecule has 0 amide bonds. The number of hydrogen-bond acceptors (Lipinski definition) is 2. The van der Waals surface area contributed by atoms with E-state index in [0.29, 0.717) is 12.5 Å². The van der Waals surface area contributed by atoms with Gasteiger partial charge in [-0.2, -0.15) is 0 Å². The minimum Gasteiger partial charge on any atom is -0.490 e. The van der Waals surface area contributed by atoms with E-state index in [0.717, 1.165) is 12.4 Å². The molecule has 3 aromatic carbocycles. The van der Waals surface area contributed by atoms with Crippen LogP contribution in [0.25, 0.3) is 11.1 Å². The summed E-state index contributed by atoms with van der Waals surface area (Å²) in [5.41, 5.74) is 10.4. The highest BCUT2D eigenvalue weighted by Gasteiger charge is 2.26. The van der Waals surface area contributed by atoms with Crippen LogP contribution in [0.4, 0.5) is 0 Å². The number of rotatable bonds is 6. The van der Waals surface area contributed by atoms with Crippen molar-refractivity contribution in [1.29, 1.82) is 0 Å². The maximum absolute atomic E-state index is 6.21. The quantitative estimate of drug-likeness (QED) is 0.450. The summed E-state index contributed by atoms with van der Waals surface area (Å²) in [5, 5.41) is 0. The summed E-state index contributed by atoms with van der Waals surface area (Å²) in [6.45, 7) is 12.6. The van der Waals surface area contributed by atoms with E-state index in [2.05, 4.69) is 89.2 Å². The maximum atomic E-state index is 6.21. The molecule has 150 valence electrons. The Balaban J connectivity index is 1.68. The van der Waals surface area contributed by atoms with Gasteiger partial charge in [0.1, 0.15) is 18.5 Å². The van der Waals surface area contributed by atoms with E-state index in [1.165, 1.54) is 44.5 Å². The van der Waals surface area contributed by atoms with Crippen LogP contribution in [-0.2, 0) is 4.74 Å². The van der Waals surface area contributed by atoms with Crippen molar-refractivity contribution in [3.63, 3.8) is 0 Å². The zero-order valence-electron chi connectivity index (χ0n) is 18.1. The van der Waals surface area contributed by atoms with Gasteiger partial charge in [0.15, 0.2) is 0 Å². The van der Waals surface area contributed by atoms with Gasteiger partial charge >= 0.3 is 0 Å². The van der Waals surface area contributed by atoms with Gasteiger partial charge in [0.25, 0.3) is 0 Å². The lowest BCUT2D eigenvalue weighted by Gasteiger charge is -2.25. The first-order valence-electron chi connectivity index (χ1n) is 10.5. The molecular formula is C27H30O2. The van der Waals surface area contributed by atoms with E-state index >= 15 is 0 Å². The Morgan fingerprint density at radius 3 is 2.07 bits per heavy atom. The molecule has 0 aliphatic carbocycles. The van der Waals surface area contributed by atoms with E-state index in [1.807, 2.05) is 0 Å². The molecule has 2 atom stereocenters. The van der Waals surface area contributed by atoms with Crippen molar-refractivity contribution in [2.45, 2.75) is 46.6 Å². The molecule has 2 heteroatoms. The molecule has 1 heterocycles. The van der Waals surface area contributed by atoms with E-state index in [4.69, 9.17) is 9.47 Å². The minimum absolute atomic E-state index is 0.266. The first-order valence-corrected chi connectivity index (χ1v) is 10.5. The van der Waals surface area contributed by atoms with Crippen LogP contribution < -0.4 is 4.74 Å². The Morgan fingerprint density at radius 1 is 0.828 bits per heavy atom. The number of epoxide rings is 1. The topological polar surface area (TPSA) is 21.8 Å².